The van der Waals surface area contributed by atoms with Gasteiger partial charge in [0.15, 0.2) is 5.82 Å². The smallest absolute Gasteiger partial charge is 0.166 e. The van der Waals surface area contributed by atoms with Crippen LogP contribution in [0, 0.1) is 6.07 Å². The Morgan fingerprint density at radius 3 is 1.73 bits per heavy atom. The molecule has 0 amide bonds. The fraction of sp³-hybridized carbons (Fsp3) is 0.200. The van der Waals surface area contributed by atoms with Crippen LogP contribution < -0.4 is 0 Å². The molecule has 3 aromatic heterocycles. The third kappa shape index (κ3) is 4.89. The Labute approximate surface area is 281 Å². The summed E-state index contributed by atoms with van der Waals surface area (Å²) in [7, 11) is 0. The molecule has 3 heterocycles. The summed E-state index contributed by atoms with van der Waals surface area (Å²) in [5, 5.41) is 18.2. The summed E-state index contributed by atoms with van der Waals surface area (Å²) in [6.45, 7) is 13.7. The van der Waals surface area contributed by atoms with Gasteiger partial charge in [-0.3, -0.25) is 4.57 Å². The summed E-state index contributed by atoms with van der Waals surface area (Å²) in [5.41, 5.74) is 5.89. The van der Waals surface area contributed by atoms with Crippen LogP contribution in [0.1, 0.15) is 52.7 Å². The average Bonchev–Trinajstić information content (AvgIpc) is 3.57. The van der Waals surface area contributed by atoms with Crippen LogP contribution in [0.3, 0.4) is 0 Å². The van der Waals surface area contributed by atoms with Crippen LogP contribution in [0.5, 0.6) is 0 Å². The third-order valence-corrected chi connectivity index (χ3v) is 9.97. The first-order valence-corrected chi connectivity index (χ1v) is 16.1. The van der Waals surface area contributed by atoms with E-state index < -0.39 is 0 Å². The summed E-state index contributed by atoms with van der Waals surface area (Å²) >= 11 is 1.72. The van der Waals surface area contributed by atoms with Crippen LogP contribution in [0.15, 0.2) is 97.1 Å². The largest absolute Gasteiger partial charge is 0.292 e. The number of hydrogen-bond donors (Lipinski definition) is 0. The van der Waals surface area contributed by atoms with E-state index in [4.69, 9.17) is 10.2 Å². The Bertz CT molecular complexity index is 2310. The van der Waals surface area contributed by atoms with Crippen molar-refractivity contribution in [1.29, 1.82) is 0 Å². The number of hydrogen-bond acceptors (Lipinski definition) is 3. The fourth-order valence-corrected chi connectivity index (χ4v) is 7.37. The van der Waals surface area contributed by atoms with E-state index in [9.17, 15) is 0 Å². The molecule has 0 aliphatic carbocycles. The Hall–Kier alpha value is -3.89. The molecule has 0 N–H and O–H groups in total. The quantitative estimate of drug-likeness (QED) is 0.129. The van der Waals surface area contributed by atoms with Crippen LogP contribution in [-0.4, -0.2) is 14.8 Å². The van der Waals surface area contributed by atoms with Crippen molar-refractivity contribution in [1.82, 2.24) is 14.8 Å². The van der Waals surface area contributed by atoms with E-state index in [1.165, 1.54) is 37.4 Å². The minimum absolute atomic E-state index is 0. The van der Waals surface area contributed by atoms with Gasteiger partial charge >= 0.3 is 0 Å². The molecule has 0 saturated heterocycles. The zero-order valence-electron chi connectivity index (χ0n) is 26.3. The fourth-order valence-electron chi connectivity index (χ4n) is 6.37. The van der Waals surface area contributed by atoms with Gasteiger partial charge < -0.3 is 0 Å². The molecule has 45 heavy (non-hydrogen) atoms. The molecule has 0 aliphatic heterocycles. The Morgan fingerprint density at radius 1 is 0.600 bits per heavy atom. The van der Waals surface area contributed by atoms with E-state index >= 15 is 0 Å². The first-order valence-electron chi connectivity index (χ1n) is 15.3. The van der Waals surface area contributed by atoms with E-state index in [-0.39, 0.29) is 30.9 Å². The minimum Gasteiger partial charge on any atom is -0.292 e. The number of fused-ring (bicyclic) bond motifs is 6. The summed E-state index contributed by atoms with van der Waals surface area (Å²) in [6.07, 6.45) is 0. The molecule has 3 nitrogen and oxygen atoms in total. The number of aromatic nitrogens is 3. The average molecular weight is 781 g/mol. The maximum atomic E-state index is 5.04. The summed E-state index contributed by atoms with van der Waals surface area (Å²) < 4.78 is 3.53. The summed E-state index contributed by atoms with van der Waals surface area (Å²) in [6, 6.07) is 39.0. The zero-order valence-corrected chi connectivity index (χ0v) is 29.5. The van der Waals surface area contributed by atoms with Crippen LogP contribution in [0.2, 0.25) is 0 Å². The SMILES string of the molecule is CC(C)(C)c1ccc2c(c1)c1cc(C(C)(C)C)ccc1n2-c1nnc(-c2[c-]c3ccccc3s2)c2cc3ccccc3cc12.[Ir]. The van der Waals surface area contributed by atoms with Gasteiger partial charge in [0.2, 0.25) is 0 Å². The molecular weight excluding hydrogens is 747 g/mol. The van der Waals surface area contributed by atoms with Gasteiger partial charge in [-0.25, -0.2) is 11.3 Å². The Morgan fingerprint density at radius 2 is 1.16 bits per heavy atom. The van der Waals surface area contributed by atoms with E-state index in [0.29, 0.717) is 0 Å². The molecule has 0 spiro atoms. The molecule has 8 rings (SSSR count). The Balaban J connectivity index is 0.00000325. The van der Waals surface area contributed by atoms with Gasteiger partial charge in [-0.1, -0.05) is 96.1 Å². The van der Waals surface area contributed by atoms with Crippen LogP contribution in [-0.2, 0) is 30.9 Å². The summed E-state index contributed by atoms with van der Waals surface area (Å²) in [4.78, 5) is 1.01. The summed E-state index contributed by atoms with van der Waals surface area (Å²) in [5.74, 6) is 0.850. The second-order valence-corrected chi connectivity index (χ2v) is 15.0. The van der Waals surface area contributed by atoms with Crippen molar-refractivity contribution in [2.24, 2.45) is 0 Å². The molecule has 0 saturated carbocycles. The monoisotopic (exact) mass is 781 g/mol. The number of rotatable bonds is 2. The molecule has 0 unspecified atom stereocenters. The van der Waals surface area contributed by atoms with Crippen molar-refractivity contribution < 1.29 is 20.1 Å². The minimum atomic E-state index is 0. The van der Waals surface area contributed by atoms with Crippen LogP contribution in [0.25, 0.3) is 69.8 Å². The molecule has 0 bridgehead atoms. The van der Waals surface area contributed by atoms with Gasteiger partial charge in [-0.05, 0) is 78.0 Å². The maximum Gasteiger partial charge on any atom is 0.166 e. The van der Waals surface area contributed by atoms with Gasteiger partial charge in [-0.2, -0.15) is 5.10 Å². The third-order valence-electron chi connectivity index (χ3n) is 8.90. The van der Waals surface area contributed by atoms with Gasteiger partial charge in [0.25, 0.3) is 0 Å². The normalized spacial score (nSPS) is 12.5. The second kappa shape index (κ2) is 10.6. The zero-order chi connectivity index (χ0) is 30.4. The second-order valence-electron chi connectivity index (χ2n) is 14.0. The van der Waals surface area contributed by atoms with Gasteiger partial charge in [0, 0.05) is 42.0 Å². The standard InChI is InChI=1S/C40H34N3S.Ir/c1-39(2,3)27-15-17-33-29(22-27)30-23-28(40(4,5)6)16-18-34(30)43(33)38-32-20-25-12-8-7-11-24(25)19-31(32)37(41-42-38)36-21-26-13-9-10-14-35(26)44-36;/h7-20,22-23H,1-6H3;/q-1;. The van der Waals surface area contributed by atoms with E-state index in [0.717, 1.165) is 43.6 Å². The van der Waals surface area contributed by atoms with Gasteiger partial charge in [0.05, 0.1) is 11.0 Å². The maximum absolute atomic E-state index is 5.04. The van der Waals surface area contributed by atoms with Crippen molar-refractivity contribution in [3.63, 3.8) is 0 Å². The van der Waals surface area contributed by atoms with Crippen molar-refractivity contribution >= 4 is 64.8 Å². The molecule has 225 valence electrons. The van der Waals surface area contributed by atoms with Crippen molar-refractivity contribution in [2.75, 3.05) is 0 Å². The van der Waals surface area contributed by atoms with Gasteiger partial charge in [0.1, 0.15) is 0 Å². The first-order chi connectivity index (χ1) is 21.1. The van der Waals surface area contributed by atoms with E-state index in [1.54, 1.807) is 11.3 Å². The van der Waals surface area contributed by atoms with Gasteiger partial charge in [-0.15, -0.1) is 28.7 Å². The molecule has 0 atom stereocenters. The number of benzene rings is 5. The van der Waals surface area contributed by atoms with Crippen molar-refractivity contribution in [3.8, 4) is 16.4 Å². The molecule has 0 aliphatic rings. The van der Waals surface area contributed by atoms with Crippen molar-refractivity contribution in [3.05, 3.63) is 114 Å². The number of thiophene rings is 1. The van der Waals surface area contributed by atoms with Crippen molar-refractivity contribution in [2.45, 2.75) is 52.4 Å². The first kappa shape index (κ1) is 29.8. The molecule has 5 aromatic carbocycles. The molecular formula is C40H34IrN3S-. The van der Waals surface area contributed by atoms with Crippen LogP contribution in [0.4, 0.5) is 0 Å². The molecule has 5 heteroatoms. The predicted octanol–water partition coefficient (Wildman–Crippen LogP) is 11.2. The topological polar surface area (TPSA) is 30.7 Å². The van der Waals surface area contributed by atoms with E-state index in [2.05, 4.69) is 149 Å². The molecule has 1 radical (unpaired) electrons. The predicted molar refractivity (Wildman–Crippen MR) is 188 cm³/mol. The molecule has 0 fully saturated rings. The van der Waals surface area contributed by atoms with Crippen LogP contribution >= 0.6 is 11.3 Å². The van der Waals surface area contributed by atoms with E-state index in [1.807, 2.05) is 0 Å². The Kier molecular flexibility index (Phi) is 7.01. The number of nitrogens with zero attached hydrogens (tertiary/aromatic N) is 3. The molecule has 8 aromatic rings.